The standard InChI is InChI=1S/C11H16FN3O3S/c1-8(2)15(7-11(13)14-16)19(17,18)10-6-4-3-5-9(10)12/h3-6,8,16H,7H2,1-2H3,(H2,13,14). The fourth-order valence-corrected chi connectivity index (χ4v) is 3.19. The predicted octanol–water partition coefficient (Wildman–Crippen LogP) is 0.971. The van der Waals surface area contributed by atoms with Crippen molar-refractivity contribution in [2.24, 2.45) is 10.9 Å². The average molecular weight is 289 g/mol. The van der Waals surface area contributed by atoms with Crippen LogP contribution < -0.4 is 5.73 Å². The van der Waals surface area contributed by atoms with Crippen LogP contribution in [-0.4, -0.2) is 36.4 Å². The molecule has 0 fully saturated rings. The molecule has 8 heteroatoms. The smallest absolute Gasteiger partial charge is 0.246 e. The van der Waals surface area contributed by atoms with Gasteiger partial charge in [-0.05, 0) is 26.0 Å². The molecule has 0 saturated carbocycles. The minimum atomic E-state index is -4.05. The van der Waals surface area contributed by atoms with Gasteiger partial charge in [0, 0.05) is 6.04 Å². The van der Waals surface area contributed by atoms with E-state index in [2.05, 4.69) is 5.16 Å². The van der Waals surface area contributed by atoms with Crippen molar-refractivity contribution in [1.29, 1.82) is 0 Å². The number of hydrogen-bond acceptors (Lipinski definition) is 4. The van der Waals surface area contributed by atoms with Gasteiger partial charge in [-0.3, -0.25) is 0 Å². The van der Waals surface area contributed by atoms with Gasteiger partial charge >= 0.3 is 0 Å². The number of sulfonamides is 1. The molecule has 0 aromatic heterocycles. The van der Waals surface area contributed by atoms with Crippen LogP contribution in [0.1, 0.15) is 13.8 Å². The molecular weight excluding hydrogens is 273 g/mol. The molecule has 0 amide bonds. The predicted molar refractivity (Wildman–Crippen MR) is 68.8 cm³/mol. The summed E-state index contributed by atoms with van der Waals surface area (Å²) in [6.45, 7) is 2.91. The second-order valence-corrected chi connectivity index (χ2v) is 6.02. The highest BCUT2D eigenvalue weighted by Gasteiger charge is 2.30. The molecule has 1 aromatic rings. The van der Waals surface area contributed by atoms with Gasteiger partial charge < -0.3 is 10.9 Å². The highest BCUT2D eigenvalue weighted by molar-refractivity contribution is 7.89. The van der Waals surface area contributed by atoms with Crippen molar-refractivity contribution in [1.82, 2.24) is 4.31 Å². The van der Waals surface area contributed by atoms with Gasteiger partial charge in [0.05, 0.1) is 6.54 Å². The summed E-state index contributed by atoms with van der Waals surface area (Å²) in [5, 5.41) is 11.3. The molecule has 0 saturated heterocycles. The third-order valence-electron chi connectivity index (χ3n) is 2.45. The van der Waals surface area contributed by atoms with E-state index in [9.17, 15) is 12.8 Å². The Bertz CT molecular complexity index is 572. The van der Waals surface area contributed by atoms with E-state index in [0.717, 1.165) is 10.4 Å². The van der Waals surface area contributed by atoms with Gasteiger partial charge in [-0.25, -0.2) is 12.8 Å². The molecule has 0 heterocycles. The first kappa shape index (κ1) is 15.4. The maximum atomic E-state index is 13.6. The molecule has 0 spiro atoms. The van der Waals surface area contributed by atoms with Crippen LogP contribution in [0.5, 0.6) is 0 Å². The van der Waals surface area contributed by atoms with Gasteiger partial charge in [0.15, 0.2) is 5.84 Å². The van der Waals surface area contributed by atoms with Crippen LogP contribution in [0.15, 0.2) is 34.3 Å². The third-order valence-corrected chi connectivity index (χ3v) is 4.50. The molecule has 0 aliphatic heterocycles. The lowest BCUT2D eigenvalue weighted by Gasteiger charge is -2.25. The Kier molecular flexibility index (Phi) is 4.84. The molecule has 0 atom stereocenters. The number of nitrogens with two attached hydrogens (primary N) is 1. The Labute approximate surface area is 111 Å². The zero-order chi connectivity index (χ0) is 14.6. The molecule has 0 radical (unpaired) electrons. The van der Waals surface area contributed by atoms with Crippen molar-refractivity contribution in [3.05, 3.63) is 30.1 Å². The van der Waals surface area contributed by atoms with Crippen molar-refractivity contribution < 1.29 is 18.0 Å². The molecule has 1 aromatic carbocycles. The van der Waals surface area contributed by atoms with Crippen molar-refractivity contribution in [3.63, 3.8) is 0 Å². The maximum Gasteiger partial charge on any atom is 0.246 e. The second kappa shape index (κ2) is 5.98. The molecule has 6 nitrogen and oxygen atoms in total. The number of amidine groups is 1. The lowest BCUT2D eigenvalue weighted by molar-refractivity contribution is 0.312. The summed E-state index contributed by atoms with van der Waals surface area (Å²) in [7, 11) is -4.05. The van der Waals surface area contributed by atoms with Gasteiger partial charge in [-0.1, -0.05) is 17.3 Å². The van der Waals surface area contributed by atoms with E-state index in [1.165, 1.54) is 18.2 Å². The molecular formula is C11H16FN3O3S. The summed E-state index contributed by atoms with van der Waals surface area (Å²) in [6.07, 6.45) is 0. The number of halogens is 1. The Hall–Kier alpha value is -1.67. The molecule has 19 heavy (non-hydrogen) atoms. The normalized spacial score (nSPS) is 13.2. The summed E-state index contributed by atoms with van der Waals surface area (Å²) in [4.78, 5) is -0.436. The van der Waals surface area contributed by atoms with Crippen molar-refractivity contribution in [2.75, 3.05) is 6.54 Å². The van der Waals surface area contributed by atoms with Crippen LogP contribution >= 0.6 is 0 Å². The molecule has 1 rings (SSSR count). The minimum absolute atomic E-state index is 0.270. The second-order valence-electron chi connectivity index (χ2n) is 4.17. The fraction of sp³-hybridized carbons (Fsp3) is 0.364. The van der Waals surface area contributed by atoms with Crippen LogP contribution in [0.3, 0.4) is 0 Å². The average Bonchev–Trinajstić information content (AvgIpc) is 2.35. The number of hydrogen-bond donors (Lipinski definition) is 2. The Morgan fingerprint density at radius 2 is 2.05 bits per heavy atom. The largest absolute Gasteiger partial charge is 0.409 e. The third kappa shape index (κ3) is 3.42. The van der Waals surface area contributed by atoms with Gasteiger partial charge in [0.1, 0.15) is 10.7 Å². The van der Waals surface area contributed by atoms with Crippen LogP contribution in [-0.2, 0) is 10.0 Å². The topological polar surface area (TPSA) is 96.0 Å². The summed E-state index contributed by atoms with van der Waals surface area (Å²) >= 11 is 0. The minimum Gasteiger partial charge on any atom is -0.409 e. The van der Waals surface area contributed by atoms with E-state index in [1.807, 2.05) is 0 Å². The molecule has 0 aliphatic carbocycles. The monoisotopic (exact) mass is 289 g/mol. The summed E-state index contributed by atoms with van der Waals surface area (Å²) in [5.74, 6) is -1.11. The first-order chi connectivity index (χ1) is 8.80. The van der Waals surface area contributed by atoms with Gasteiger partial charge in [0.25, 0.3) is 0 Å². The number of rotatable bonds is 5. The molecule has 0 aliphatic rings. The Morgan fingerprint density at radius 3 is 2.53 bits per heavy atom. The highest BCUT2D eigenvalue weighted by Crippen LogP contribution is 2.20. The van der Waals surface area contributed by atoms with Crippen molar-refractivity contribution in [2.45, 2.75) is 24.8 Å². The van der Waals surface area contributed by atoms with E-state index in [1.54, 1.807) is 13.8 Å². The van der Waals surface area contributed by atoms with Crippen molar-refractivity contribution in [3.8, 4) is 0 Å². The lowest BCUT2D eigenvalue weighted by Crippen LogP contribution is -2.43. The van der Waals surface area contributed by atoms with E-state index in [-0.39, 0.29) is 12.4 Å². The van der Waals surface area contributed by atoms with Gasteiger partial charge in [0.2, 0.25) is 10.0 Å². The number of nitrogens with zero attached hydrogens (tertiary/aromatic N) is 2. The molecule has 0 unspecified atom stereocenters. The number of oxime groups is 1. The highest BCUT2D eigenvalue weighted by atomic mass is 32.2. The Morgan fingerprint density at radius 1 is 1.47 bits per heavy atom. The van der Waals surface area contributed by atoms with E-state index in [0.29, 0.717) is 0 Å². The van der Waals surface area contributed by atoms with E-state index in [4.69, 9.17) is 10.9 Å². The van der Waals surface area contributed by atoms with Gasteiger partial charge in [-0.2, -0.15) is 4.31 Å². The van der Waals surface area contributed by atoms with Crippen LogP contribution in [0, 0.1) is 5.82 Å². The maximum absolute atomic E-state index is 13.6. The molecule has 0 bridgehead atoms. The zero-order valence-electron chi connectivity index (χ0n) is 10.6. The first-order valence-electron chi connectivity index (χ1n) is 5.53. The fourth-order valence-electron chi connectivity index (χ4n) is 1.52. The molecule has 106 valence electrons. The first-order valence-corrected chi connectivity index (χ1v) is 6.97. The van der Waals surface area contributed by atoms with Crippen LogP contribution in [0.25, 0.3) is 0 Å². The zero-order valence-corrected chi connectivity index (χ0v) is 11.4. The van der Waals surface area contributed by atoms with Crippen LogP contribution in [0.2, 0.25) is 0 Å². The SMILES string of the molecule is CC(C)N(CC(N)=NO)S(=O)(=O)c1ccccc1F. The lowest BCUT2D eigenvalue weighted by atomic mass is 10.3. The summed E-state index contributed by atoms with van der Waals surface area (Å²) < 4.78 is 39.3. The van der Waals surface area contributed by atoms with Crippen LogP contribution in [0.4, 0.5) is 4.39 Å². The van der Waals surface area contributed by atoms with E-state index < -0.39 is 26.8 Å². The molecule has 3 N–H and O–H groups in total. The quantitative estimate of drug-likeness (QED) is 0.365. The van der Waals surface area contributed by atoms with Gasteiger partial charge in [-0.15, -0.1) is 0 Å². The Balaban J connectivity index is 3.25. The van der Waals surface area contributed by atoms with Crippen molar-refractivity contribution >= 4 is 15.9 Å². The van der Waals surface area contributed by atoms with E-state index >= 15 is 0 Å². The summed E-state index contributed by atoms with van der Waals surface area (Å²) in [6, 6.07) is 4.60. The number of benzene rings is 1. The summed E-state index contributed by atoms with van der Waals surface area (Å²) in [5.41, 5.74) is 5.32.